The van der Waals surface area contributed by atoms with Crippen LogP contribution in [0.2, 0.25) is 0 Å². The molecule has 0 radical (unpaired) electrons. The summed E-state index contributed by atoms with van der Waals surface area (Å²) in [5.41, 5.74) is 9.01. The Morgan fingerprint density at radius 2 is 1.88 bits per heavy atom. The molecule has 1 heterocycles. The third-order valence-electron chi connectivity index (χ3n) is 4.62. The molecule has 0 aliphatic heterocycles. The summed E-state index contributed by atoms with van der Waals surface area (Å²) < 4.78 is 0. The Hall–Kier alpha value is -1.50. The van der Waals surface area contributed by atoms with Crippen LogP contribution < -0.4 is 0 Å². The number of H-pyrrole nitrogens is 1. The lowest BCUT2D eigenvalue weighted by Crippen LogP contribution is -2.33. The Morgan fingerprint density at radius 1 is 1.06 bits per heavy atom. The summed E-state index contributed by atoms with van der Waals surface area (Å²) in [7, 11) is 0. The van der Waals surface area contributed by atoms with Gasteiger partial charge in [-0.25, -0.2) is 0 Å². The molecule has 1 saturated carbocycles. The fourth-order valence-corrected chi connectivity index (χ4v) is 3.65. The quantitative estimate of drug-likeness (QED) is 0.692. The van der Waals surface area contributed by atoms with E-state index in [0.29, 0.717) is 5.41 Å². The molecule has 1 aromatic heterocycles. The number of benzene rings is 1. The smallest absolute Gasteiger partial charge is 0.0366 e. The number of fused-ring (bicyclic) bond motifs is 5. The molecule has 1 N–H and O–H groups in total. The zero-order valence-electron chi connectivity index (χ0n) is 10.4. The van der Waals surface area contributed by atoms with Crippen molar-refractivity contribution in [1.82, 2.24) is 4.98 Å². The van der Waals surface area contributed by atoms with Gasteiger partial charge >= 0.3 is 0 Å². The maximum absolute atomic E-state index is 3.62. The molecule has 0 amide bonds. The maximum Gasteiger partial charge on any atom is 0.0366 e. The minimum Gasteiger partial charge on any atom is -0.361 e. The minimum atomic E-state index is 0.338. The van der Waals surface area contributed by atoms with Crippen LogP contribution >= 0.6 is 0 Å². The van der Waals surface area contributed by atoms with Crippen molar-refractivity contribution in [3.05, 3.63) is 46.8 Å². The average molecular weight is 223 g/mol. The van der Waals surface area contributed by atoms with Gasteiger partial charge in [-0.1, -0.05) is 30.2 Å². The third-order valence-corrected chi connectivity index (χ3v) is 4.62. The molecular weight excluding hydrogens is 206 g/mol. The van der Waals surface area contributed by atoms with E-state index in [1.54, 1.807) is 5.56 Å². The number of hydrogen-bond donors (Lipinski definition) is 1. The Bertz CT molecular complexity index is 614. The first-order valence-corrected chi connectivity index (χ1v) is 6.52. The lowest BCUT2D eigenvalue weighted by molar-refractivity contribution is 0.302. The Kier molecular flexibility index (Phi) is 1.59. The van der Waals surface area contributed by atoms with Gasteiger partial charge in [-0.05, 0) is 43.9 Å². The van der Waals surface area contributed by atoms with Crippen molar-refractivity contribution in [1.29, 1.82) is 0 Å². The topological polar surface area (TPSA) is 15.8 Å². The van der Waals surface area contributed by atoms with Crippen molar-refractivity contribution >= 4 is 0 Å². The van der Waals surface area contributed by atoms with Crippen LogP contribution in [0.3, 0.4) is 0 Å². The van der Waals surface area contributed by atoms with E-state index in [2.05, 4.69) is 43.1 Å². The predicted molar refractivity (Wildman–Crippen MR) is 70.3 cm³/mol. The van der Waals surface area contributed by atoms with Gasteiger partial charge < -0.3 is 4.98 Å². The fourth-order valence-electron chi connectivity index (χ4n) is 3.65. The summed E-state index contributed by atoms with van der Waals surface area (Å²) in [4.78, 5) is 3.62. The molecule has 2 aliphatic rings. The third kappa shape index (κ3) is 1.00. The van der Waals surface area contributed by atoms with E-state index in [4.69, 9.17) is 0 Å². The van der Waals surface area contributed by atoms with Gasteiger partial charge in [-0.3, -0.25) is 0 Å². The molecule has 1 spiro atoms. The number of nitrogens with one attached hydrogen (secondary N) is 1. The van der Waals surface area contributed by atoms with Gasteiger partial charge in [0.2, 0.25) is 0 Å². The highest BCUT2D eigenvalue weighted by molar-refractivity contribution is 5.81. The zero-order valence-corrected chi connectivity index (χ0v) is 10.4. The molecule has 0 saturated heterocycles. The second-order valence-electron chi connectivity index (χ2n) is 5.73. The van der Waals surface area contributed by atoms with E-state index < -0.39 is 0 Å². The largest absolute Gasteiger partial charge is 0.361 e. The molecule has 1 nitrogen and oxygen atoms in total. The molecule has 1 heteroatoms. The average Bonchev–Trinajstić information content (AvgIpc) is 2.69. The first-order valence-electron chi connectivity index (χ1n) is 6.52. The van der Waals surface area contributed by atoms with E-state index in [0.717, 1.165) is 0 Å². The highest BCUT2D eigenvalue weighted by atomic mass is 14.8. The van der Waals surface area contributed by atoms with Crippen molar-refractivity contribution < 1.29 is 0 Å². The van der Waals surface area contributed by atoms with Crippen molar-refractivity contribution in [2.75, 3.05) is 0 Å². The number of aromatic amines is 1. The lowest BCUT2D eigenvalue weighted by Gasteiger charge is -2.39. The van der Waals surface area contributed by atoms with Crippen LogP contribution in [0.4, 0.5) is 0 Å². The molecule has 0 unspecified atom stereocenters. The van der Waals surface area contributed by atoms with Crippen LogP contribution in [0, 0.1) is 13.8 Å². The Morgan fingerprint density at radius 3 is 2.59 bits per heavy atom. The molecular formula is C16H17N. The van der Waals surface area contributed by atoms with Crippen LogP contribution in [0.1, 0.15) is 41.8 Å². The molecule has 1 fully saturated rings. The highest BCUT2D eigenvalue weighted by Crippen LogP contribution is 2.58. The van der Waals surface area contributed by atoms with Gasteiger partial charge in [0.05, 0.1) is 0 Å². The molecule has 1 aromatic carbocycles. The van der Waals surface area contributed by atoms with Crippen molar-refractivity contribution in [2.24, 2.45) is 0 Å². The molecule has 0 bridgehead atoms. The SMILES string of the molecule is Cc1ccc2c(c1)C1(CCC1)c1[nH]c(C)cc1-2. The molecule has 0 atom stereocenters. The van der Waals surface area contributed by atoms with Crippen molar-refractivity contribution in [3.8, 4) is 11.1 Å². The minimum absolute atomic E-state index is 0.338. The van der Waals surface area contributed by atoms with E-state index in [-0.39, 0.29) is 0 Å². The summed E-state index contributed by atoms with van der Waals surface area (Å²) in [6, 6.07) is 9.26. The molecule has 2 aromatic rings. The van der Waals surface area contributed by atoms with Crippen molar-refractivity contribution in [2.45, 2.75) is 38.5 Å². The van der Waals surface area contributed by atoms with Crippen LogP contribution in [-0.2, 0) is 5.41 Å². The number of hydrogen-bond acceptors (Lipinski definition) is 0. The second kappa shape index (κ2) is 2.84. The van der Waals surface area contributed by atoms with Gasteiger partial charge in [-0.15, -0.1) is 0 Å². The van der Waals surface area contributed by atoms with Gasteiger partial charge in [0.15, 0.2) is 0 Å². The number of aromatic nitrogens is 1. The zero-order chi connectivity index (χ0) is 11.6. The number of aryl methyl sites for hydroxylation is 2. The van der Waals surface area contributed by atoms with Crippen LogP contribution in [0.5, 0.6) is 0 Å². The standard InChI is InChI=1S/C16H17N/c1-10-4-5-12-13-9-11(2)17-15(13)16(6-3-7-16)14(12)8-10/h4-5,8-9,17H,3,6-7H2,1-2H3. The van der Waals surface area contributed by atoms with E-state index >= 15 is 0 Å². The summed E-state index contributed by atoms with van der Waals surface area (Å²) in [5, 5.41) is 0. The van der Waals surface area contributed by atoms with Gasteiger partial charge in [0.1, 0.15) is 0 Å². The summed E-state index contributed by atoms with van der Waals surface area (Å²) in [6.45, 7) is 4.36. The maximum atomic E-state index is 3.62. The van der Waals surface area contributed by atoms with Gasteiger partial charge in [0, 0.05) is 22.4 Å². The van der Waals surface area contributed by atoms with Crippen molar-refractivity contribution in [3.63, 3.8) is 0 Å². The molecule has 17 heavy (non-hydrogen) atoms. The lowest BCUT2D eigenvalue weighted by atomic mass is 9.64. The molecule has 86 valence electrons. The Balaban J connectivity index is 2.07. The molecule has 4 rings (SSSR count). The second-order valence-corrected chi connectivity index (χ2v) is 5.73. The summed E-state index contributed by atoms with van der Waals surface area (Å²) in [5.74, 6) is 0. The van der Waals surface area contributed by atoms with Crippen LogP contribution in [0.15, 0.2) is 24.3 Å². The van der Waals surface area contributed by atoms with Crippen LogP contribution in [0.25, 0.3) is 11.1 Å². The predicted octanol–water partition coefficient (Wildman–Crippen LogP) is 4.08. The Labute approximate surface area is 102 Å². The van der Waals surface area contributed by atoms with E-state index in [9.17, 15) is 0 Å². The van der Waals surface area contributed by atoms with Crippen LogP contribution in [-0.4, -0.2) is 4.98 Å². The summed E-state index contributed by atoms with van der Waals surface area (Å²) in [6.07, 6.45) is 4.00. The first-order chi connectivity index (χ1) is 8.21. The van der Waals surface area contributed by atoms with Gasteiger partial charge in [-0.2, -0.15) is 0 Å². The summed E-state index contributed by atoms with van der Waals surface area (Å²) >= 11 is 0. The first kappa shape index (κ1) is 9.52. The van der Waals surface area contributed by atoms with Gasteiger partial charge in [0.25, 0.3) is 0 Å². The fraction of sp³-hybridized carbons (Fsp3) is 0.375. The highest BCUT2D eigenvalue weighted by Gasteiger charge is 2.48. The number of rotatable bonds is 0. The normalized spacial score (nSPS) is 18.9. The van der Waals surface area contributed by atoms with E-state index in [1.165, 1.54) is 47.3 Å². The molecule has 2 aliphatic carbocycles. The monoisotopic (exact) mass is 223 g/mol. The van der Waals surface area contributed by atoms with E-state index in [1.807, 2.05) is 0 Å².